The van der Waals surface area contributed by atoms with E-state index in [0.29, 0.717) is 5.41 Å². The molecule has 0 spiro atoms. The van der Waals surface area contributed by atoms with Gasteiger partial charge in [-0.2, -0.15) is 0 Å². The molecule has 1 heterocycles. The van der Waals surface area contributed by atoms with Crippen LogP contribution in [-0.2, 0) is 5.41 Å². The second kappa shape index (κ2) is 3.59. The molecule has 1 saturated carbocycles. The maximum atomic E-state index is 5.83. The molecule has 3 heteroatoms. The third kappa shape index (κ3) is 1.52. The number of nitrogens with two attached hydrogens (primary N) is 1. The van der Waals surface area contributed by atoms with Gasteiger partial charge in [-0.3, -0.25) is 4.99 Å². The third-order valence-corrected chi connectivity index (χ3v) is 3.75. The van der Waals surface area contributed by atoms with E-state index in [0.717, 1.165) is 19.6 Å². The predicted octanol–water partition coefficient (Wildman–Crippen LogP) is 1.53. The van der Waals surface area contributed by atoms with Crippen LogP contribution in [-0.4, -0.2) is 26.0 Å². The summed E-state index contributed by atoms with van der Waals surface area (Å²) in [5, 5.41) is 0. The summed E-state index contributed by atoms with van der Waals surface area (Å²) in [7, 11) is 0. The quantitative estimate of drug-likeness (QED) is 0.830. The third-order valence-electron chi connectivity index (χ3n) is 3.75. The molecule has 2 aliphatic rings. The number of hydrogen-bond donors (Lipinski definition) is 1. The van der Waals surface area contributed by atoms with Crippen LogP contribution in [0.25, 0.3) is 0 Å². The molecule has 0 unspecified atom stereocenters. The molecule has 1 aliphatic carbocycles. The Hall–Kier alpha value is -1.35. The summed E-state index contributed by atoms with van der Waals surface area (Å²) in [4.78, 5) is 6.41. The molecular weight excluding hydrogens is 198 g/mol. The number of anilines is 1. The van der Waals surface area contributed by atoms with Crippen molar-refractivity contribution in [1.29, 1.82) is 0 Å². The lowest BCUT2D eigenvalue weighted by atomic mass is 9.96. The van der Waals surface area contributed by atoms with Gasteiger partial charge in [0.1, 0.15) is 0 Å². The van der Waals surface area contributed by atoms with Crippen LogP contribution in [0.3, 0.4) is 0 Å². The predicted molar refractivity (Wildman–Crippen MR) is 67.1 cm³/mol. The van der Waals surface area contributed by atoms with Gasteiger partial charge in [0, 0.05) is 24.2 Å². The fourth-order valence-electron chi connectivity index (χ4n) is 2.34. The van der Waals surface area contributed by atoms with Crippen molar-refractivity contribution in [3.05, 3.63) is 29.8 Å². The molecule has 0 bridgehead atoms. The second-order valence-corrected chi connectivity index (χ2v) is 4.75. The van der Waals surface area contributed by atoms with Crippen LogP contribution in [0.2, 0.25) is 0 Å². The molecule has 1 aliphatic heterocycles. The molecule has 2 N–H and O–H groups in total. The fraction of sp³-hybridized carbons (Fsp3) is 0.462. The molecule has 1 aromatic carbocycles. The SMILES string of the molecule is NCC1(c2ccc(N3C=NCC3)cc2)CC1. The van der Waals surface area contributed by atoms with Gasteiger partial charge < -0.3 is 10.6 Å². The lowest BCUT2D eigenvalue weighted by Gasteiger charge is -2.17. The summed E-state index contributed by atoms with van der Waals surface area (Å²) in [5.41, 5.74) is 8.76. The molecule has 16 heavy (non-hydrogen) atoms. The summed E-state index contributed by atoms with van der Waals surface area (Å²) in [6.07, 6.45) is 4.41. The first-order valence-corrected chi connectivity index (χ1v) is 5.91. The Morgan fingerprint density at radius 1 is 1.25 bits per heavy atom. The molecular formula is C13H17N3. The Labute approximate surface area is 96.0 Å². The van der Waals surface area contributed by atoms with Crippen molar-refractivity contribution in [2.75, 3.05) is 24.5 Å². The van der Waals surface area contributed by atoms with Crippen molar-refractivity contribution in [1.82, 2.24) is 0 Å². The minimum atomic E-state index is 0.303. The molecule has 1 fully saturated rings. The van der Waals surface area contributed by atoms with Crippen LogP contribution in [0.15, 0.2) is 29.3 Å². The van der Waals surface area contributed by atoms with Gasteiger partial charge in [0.05, 0.1) is 12.9 Å². The van der Waals surface area contributed by atoms with E-state index in [9.17, 15) is 0 Å². The van der Waals surface area contributed by atoms with Crippen LogP contribution in [0, 0.1) is 0 Å². The Morgan fingerprint density at radius 2 is 2.00 bits per heavy atom. The van der Waals surface area contributed by atoms with Gasteiger partial charge in [0.15, 0.2) is 0 Å². The van der Waals surface area contributed by atoms with Gasteiger partial charge in [-0.15, -0.1) is 0 Å². The average molecular weight is 215 g/mol. The van der Waals surface area contributed by atoms with Crippen LogP contribution in [0.1, 0.15) is 18.4 Å². The van der Waals surface area contributed by atoms with Crippen molar-refractivity contribution < 1.29 is 0 Å². The topological polar surface area (TPSA) is 41.6 Å². The minimum absolute atomic E-state index is 0.303. The molecule has 0 amide bonds. The van der Waals surface area contributed by atoms with E-state index in [-0.39, 0.29) is 0 Å². The Bertz CT molecular complexity index is 404. The molecule has 0 aromatic heterocycles. The summed E-state index contributed by atoms with van der Waals surface area (Å²) in [5.74, 6) is 0. The fourth-order valence-corrected chi connectivity index (χ4v) is 2.34. The van der Waals surface area contributed by atoms with E-state index >= 15 is 0 Å². The van der Waals surface area contributed by atoms with Crippen LogP contribution >= 0.6 is 0 Å². The number of rotatable bonds is 3. The van der Waals surface area contributed by atoms with Gasteiger partial charge in [-0.25, -0.2) is 0 Å². The van der Waals surface area contributed by atoms with Gasteiger partial charge in [-0.1, -0.05) is 12.1 Å². The maximum absolute atomic E-state index is 5.83. The summed E-state index contributed by atoms with van der Waals surface area (Å²) < 4.78 is 0. The van der Waals surface area contributed by atoms with Crippen molar-refractivity contribution in [3.8, 4) is 0 Å². The van der Waals surface area contributed by atoms with Gasteiger partial charge >= 0.3 is 0 Å². The van der Waals surface area contributed by atoms with Crippen molar-refractivity contribution >= 4 is 12.0 Å². The lowest BCUT2D eigenvalue weighted by molar-refractivity contribution is 0.705. The smallest absolute Gasteiger partial charge is 0.0895 e. The largest absolute Gasteiger partial charge is 0.331 e. The van der Waals surface area contributed by atoms with Gasteiger partial charge in [0.2, 0.25) is 0 Å². The zero-order valence-corrected chi connectivity index (χ0v) is 9.39. The van der Waals surface area contributed by atoms with Crippen LogP contribution < -0.4 is 10.6 Å². The van der Waals surface area contributed by atoms with E-state index in [4.69, 9.17) is 5.73 Å². The molecule has 0 atom stereocenters. The Balaban J connectivity index is 1.82. The first-order valence-electron chi connectivity index (χ1n) is 5.91. The van der Waals surface area contributed by atoms with E-state index in [1.807, 2.05) is 6.34 Å². The van der Waals surface area contributed by atoms with Crippen molar-refractivity contribution in [2.24, 2.45) is 10.7 Å². The second-order valence-electron chi connectivity index (χ2n) is 4.75. The Morgan fingerprint density at radius 3 is 2.50 bits per heavy atom. The molecule has 1 aromatic rings. The van der Waals surface area contributed by atoms with Crippen LogP contribution in [0.4, 0.5) is 5.69 Å². The summed E-state index contributed by atoms with van der Waals surface area (Å²) in [6, 6.07) is 8.81. The minimum Gasteiger partial charge on any atom is -0.331 e. The first kappa shape index (κ1) is 9.85. The first-order chi connectivity index (χ1) is 7.84. The number of hydrogen-bond acceptors (Lipinski definition) is 3. The highest BCUT2D eigenvalue weighted by Crippen LogP contribution is 2.47. The maximum Gasteiger partial charge on any atom is 0.0895 e. The highest BCUT2D eigenvalue weighted by atomic mass is 15.2. The van der Waals surface area contributed by atoms with E-state index in [1.54, 1.807) is 0 Å². The van der Waals surface area contributed by atoms with E-state index in [2.05, 4.69) is 34.2 Å². The van der Waals surface area contributed by atoms with Crippen molar-refractivity contribution in [3.63, 3.8) is 0 Å². The summed E-state index contributed by atoms with van der Waals surface area (Å²) >= 11 is 0. The van der Waals surface area contributed by atoms with Crippen molar-refractivity contribution in [2.45, 2.75) is 18.3 Å². The van der Waals surface area contributed by atoms with Crippen LogP contribution in [0.5, 0.6) is 0 Å². The average Bonchev–Trinajstić information content (AvgIpc) is 2.96. The highest BCUT2D eigenvalue weighted by molar-refractivity contribution is 5.80. The standard InChI is InChI=1S/C13H17N3/c14-9-13(5-6-13)11-1-3-12(4-2-11)16-8-7-15-10-16/h1-4,10H,5-9,14H2. The molecule has 3 nitrogen and oxygen atoms in total. The number of aliphatic imine (C=N–C) groups is 1. The van der Waals surface area contributed by atoms with E-state index in [1.165, 1.54) is 24.1 Å². The molecule has 0 saturated heterocycles. The zero-order chi connectivity index (χ0) is 11.0. The monoisotopic (exact) mass is 215 g/mol. The lowest BCUT2D eigenvalue weighted by Crippen LogP contribution is -2.21. The van der Waals surface area contributed by atoms with E-state index < -0.39 is 0 Å². The highest BCUT2D eigenvalue weighted by Gasteiger charge is 2.42. The number of nitrogens with zero attached hydrogens (tertiary/aromatic N) is 2. The normalized spacial score (nSPS) is 21.4. The van der Waals surface area contributed by atoms with Gasteiger partial charge in [0.25, 0.3) is 0 Å². The zero-order valence-electron chi connectivity index (χ0n) is 9.39. The summed E-state index contributed by atoms with van der Waals surface area (Å²) in [6.45, 7) is 2.69. The molecule has 84 valence electrons. The molecule has 3 rings (SSSR count). The molecule has 0 radical (unpaired) electrons. The van der Waals surface area contributed by atoms with Gasteiger partial charge in [-0.05, 0) is 30.5 Å². The Kier molecular flexibility index (Phi) is 2.21. The number of benzene rings is 1.